The highest BCUT2D eigenvalue weighted by Crippen LogP contribution is 2.31. The van der Waals surface area contributed by atoms with Crippen molar-refractivity contribution in [2.24, 2.45) is 0 Å². The lowest BCUT2D eigenvalue weighted by atomic mass is 10.2. The number of rotatable bonds is 6. The van der Waals surface area contributed by atoms with E-state index in [-0.39, 0.29) is 16.6 Å². The van der Waals surface area contributed by atoms with Gasteiger partial charge in [0, 0.05) is 12.7 Å². The van der Waals surface area contributed by atoms with Gasteiger partial charge in [0.25, 0.3) is 5.91 Å². The number of halogens is 4. The van der Waals surface area contributed by atoms with Crippen molar-refractivity contribution in [1.82, 2.24) is 5.32 Å². The minimum atomic E-state index is -4.90. The second kappa shape index (κ2) is 7.45. The highest BCUT2D eigenvalue weighted by atomic mass is 79.9. The quantitative estimate of drug-likeness (QED) is 0.783. The van der Waals surface area contributed by atoms with Crippen LogP contribution in [0.3, 0.4) is 0 Å². The molecule has 1 rings (SSSR count). The molecule has 22 heavy (non-hydrogen) atoms. The third-order valence-electron chi connectivity index (χ3n) is 2.43. The smallest absolute Gasteiger partial charge is 0.479 e. The van der Waals surface area contributed by atoms with E-state index in [1.807, 2.05) is 0 Å². The summed E-state index contributed by atoms with van der Waals surface area (Å²) in [5.74, 6) is -2.62. The van der Waals surface area contributed by atoms with Gasteiger partial charge in [-0.3, -0.25) is 4.79 Å². The first-order chi connectivity index (χ1) is 10.1. The topological polar surface area (TPSA) is 84.9 Å². The van der Waals surface area contributed by atoms with Gasteiger partial charge in [-0.15, -0.1) is 13.2 Å². The molecule has 0 saturated carbocycles. The number of amides is 1. The molecule has 0 bridgehead atoms. The number of hydrogen-bond donors (Lipinski definition) is 2. The molecule has 122 valence electrons. The van der Waals surface area contributed by atoms with E-state index in [2.05, 4.69) is 30.7 Å². The predicted octanol–water partition coefficient (Wildman–Crippen LogP) is 2.18. The maximum atomic E-state index is 12.2. The fraction of sp³-hybridized carbons (Fsp3) is 0.333. The first kappa shape index (κ1) is 18.2. The summed E-state index contributed by atoms with van der Waals surface area (Å²) in [6, 6.07) is 3.35. The summed E-state index contributed by atoms with van der Waals surface area (Å²) in [5.41, 5.74) is -0.123. The van der Waals surface area contributed by atoms with Crippen molar-refractivity contribution in [2.75, 3.05) is 13.7 Å². The van der Waals surface area contributed by atoms with E-state index in [0.29, 0.717) is 0 Å². The molecular formula is C12H11BrF3NO5. The highest BCUT2D eigenvalue weighted by Gasteiger charge is 2.32. The number of carboxylic acid groups (broad SMARTS) is 1. The molecule has 2 N–H and O–H groups in total. The zero-order chi connectivity index (χ0) is 16.9. The number of methoxy groups -OCH3 is 1. The Kier molecular flexibility index (Phi) is 6.18. The molecular weight excluding hydrogens is 375 g/mol. The lowest BCUT2D eigenvalue weighted by molar-refractivity contribution is -0.274. The van der Waals surface area contributed by atoms with Gasteiger partial charge in [0.15, 0.2) is 6.10 Å². The molecule has 1 aromatic carbocycles. The Labute approximate surface area is 131 Å². The van der Waals surface area contributed by atoms with Crippen molar-refractivity contribution in [3.63, 3.8) is 0 Å². The van der Waals surface area contributed by atoms with Gasteiger partial charge in [-0.1, -0.05) is 0 Å². The summed E-state index contributed by atoms with van der Waals surface area (Å²) in [6.45, 7) is -0.337. The zero-order valence-electron chi connectivity index (χ0n) is 11.1. The van der Waals surface area contributed by atoms with Gasteiger partial charge in [-0.25, -0.2) is 4.79 Å². The third-order valence-corrected chi connectivity index (χ3v) is 3.08. The van der Waals surface area contributed by atoms with Gasteiger partial charge in [0.05, 0.1) is 11.0 Å². The van der Waals surface area contributed by atoms with Gasteiger partial charge in [0.2, 0.25) is 0 Å². The lowest BCUT2D eigenvalue weighted by Crippen LogP contribution is -2.37. The van der Waals surface area contributed by atoms with E-state index < -0.39 is 30.1 Å². The van der Waals surface area contributed by atoms with Gasteiger partial charge in [-0.2, -0.15) is 0 Å². The van der Waals surface area contributed by atoms with Crippen molar-refractivity contribution in [3.8, 4) is 5.75 Å². The molecule has 0 heterocycles. The highest BCUT2D eigenvalue weighted by molar-refractivity contribution is 9.10. The van der Waals surface area contributed by atoms with E-state index in [9.17, 15) is 22.8 Å². The summed E-state index contributed by atoms with van der Waals surface area (Å²) >= 11 is 2.87. The van der Waals surface area contributed by atoms with Crippen molar-refractivity contribution in [1.29, 1.82) is 0 Å². The molecule has 0 aliphatic rings. The summed E-state index contributed by atoms with van der Waals surface area (Å²) in [4.78, 5) is 22.5. The largest absolute Gasteiger partial charge is 0.573 e. The van der Waals surface area contributed by atoms with Crippen molar-refractivity contribution in [2.45, 2.75) is 12.5 Å². The average molecular weight is 386 g/mol. The van der Waals surface area contributed by atoms with Crippen LogP contribution in [0.1, 0.15) is 10.4 Å². The van der Waals surface area contributed by atoms with Crippen LogP contribution in [0, 0.1) is 0 Å². The fourth-order valence-corrected chi connectivity index (χ4v) is 1.73. The van der Waals surface area contributed by atoms with Crippen LogP contribution in [0.25, 0.3) is 0 Å². The molecule has 1 unspecified atom stereocenters. The zero-order valence-corrected chi connectivity index (χ0v) is 12.7. The van der Waals surface area contributed by atoms with Crippen molar-refractivity contribution >= 4 is 27.8 Å². The van der Waals surface area contributed by atoms with E-state index in [4.69, 9.17) is 5.11 Å². The predicted molar refractivity (Wildman–Crippen MR) is 71.6 cm³/mol. The molecule has 0 spiro atoms. The molecule has 0 radical (unpaired) electrons. The SMILES string of the molecule is COC(CNC(=O)c1ccc(Br)c(OC(F)(F)F)c1)C(=O)O. The summed E-state index contributed by atoms with van der Waals surface area (Å²) < 4.78 is 45.0. The number of carbonyl (C=O) groups is 2. The van der Waals surface area contributed by atoms with Crippen LogP contribution in [0.4, 0.5) is 13.2 Å². The maximum Gasteiger partial charge on any atom is 0.573 e. The Morgan fingerprint density at radius 3 is 2.55 bits per heavy atom. The minimum Gasteiger partial charge on any atom is -0.479 e. The van der Waals surface area contributed by atoms with Gasteiger partial charge < -0.3 is 19.9 Å². The van der Waals surface area contributed by atoms with Crippen LogP contribution >= 0.6 is 15.9 Å². The molecule has 1 aromatic rings. The number of nitrogens with one attached hydrogen (secondary N) is 1. The first-order valence-electron chi connectivity index (χ1n) is 5.73. The Hall–Kier alpha value is -1.81. The van der Waals surface area contributed by atoms with E-state index in [0.717, 1.165) is 13.2 Å². The lowest BCUT2D eigenvalue weighted by Gasteiger charge is -2.13. The Morgan fingerprint density at radius 1 is 1.41 bits per heavy atom. The maximum absolute atomic E-state index is 12.2. The number of benzene rings is 1. The number of carboxylic acids is 1. The Balaban J connectivity index is 2.82. The standard InChI is InChI=1S/C12H11BrF3NO5/c1-21-9(11(19)20)5-17-10(18)6-2-3-7(13)8(4-6)22-12(14,15)16/h2-4,9H,5H2,1H3,(H,17,18)(H,19,20). The third kappa shape index (κ3) is 5.53. The number of ether oxygens (including phenoxy) is 2. The van der Waals surface area contributed by atoms with Crippen LogP contribution < -0.4 is 10.1 Å². The van der Waals surface area contributed by atoms with Crippen LogP contribution in [0.15, 0.2) is 22.7 Å². The number of hydrogen-bond acceptors (Lipinski definition) is 4. The van der Waals surface area contributed by atoms with Crippen LogP contribution in [-0.2, 0) is 9.53 Å². The van der Waals surface area contributed by atoms with E-state index >= 15 is 0 Å². The molecule has 0 fully saturated rings. The molecule has 1 atom stereocenters. The minimum absolute atomic E-state index is 0.0154. The molecule has 6 nitrogen and oxygen atoms in total. The van der Waals surface area contributed by atoms with Crippen LogP contribution in [0.5, 0.6) is 5.75 Å². The second-order valence-corrected chi connectivity index (χ2v) is 4.82. The summed E-state index contributed by atoms with van der Waals surface area (Å²) in [5, 5.41) is 11.0. The Morgan fingerprint density at radius 2 is 2.05 bits per heavy atom. The van der Waals surface area contributed by atoms with E-state index in [1.54, 1.807) is 0 Å². The second-order valence-electron chi connectivity index (χ2n) is 3.97. The Bertz CT molecular complexity index is 564. The number of carbonyl (C=O) groups excluding carboxylic acids is 1. The average Bonchev–Trinajstić information content (AvgIpc) is 2.39. The number of alkyl halides is 3. The van der Waals surface area contributed by atoms with Crippen molar-refractivity contribution < 1.29 is 37.3 Å². The molecule has 1 amide bonds. The number of aliphatic carboxylic acids is 1. The van der Waals surface area contributed by atoms with Gasteiger partial charge >= 0.3 is 12.3 Å². The van der Waals surface area contributed by atoms with Gasteiger partial charge in [0.1, 0.15) is 5.75 Å². The van der Waals surface area contributed by atoms with Crippen molar-refractivity contribution in [3.05, 3.63) is 28.2 Å². The molecule has 0 aliphatic carbocycles. The summed E-state index contributed by atoms with van der Waals surface area (Å²) in [7, 11) is 1.15. The molecule has 0 saturated heterocycles. The van der Waals surface area contributed by atoms with Crippen LogP contribution in [0.2, 0.25) is 0 Å². The monoisotopic (exact) mass is 385 g/mol. The molecule has 0 aliphatic heterocycles. The van der Waals surface area contributed by atoms with Gasteiger partial charge in [-0.05, 0) is 34.1 Å². The molecule has 10 heteroatoms. The van der Waals surface area contributed by atoms with E-state index in [1.165, 1.54) is 12.1 Å². The fourth-order valence-electron chi connectivity index (χ4n) is 1.41. The van der Waals surface area contributed by atoms with Crippen LogP contribution in [-0.4, -0.2) is 43.1 Å². The molecule has 0 aromatic heterocycles. The first-order valence-corrected chi connectivity index (χ1v) is 6.52. The normalized spacial score (nSPS) is 12.6. The summed E-state index contributed by atoms with van der Waals surface area (Å²) in [6.07, 6.45) is -6.16.